The van der Waals surface area contributed by atoms with Crippen molar-refractivity contribution in [2.45, 2.75) is 6.92 Å². The summed E-state index contributed by atoms with van der Waals surface area (Å²) in [6.45, 7) is 4.05. The molecule has 0 unspecified atom stereocenters. The molecular formula is C17H21N3O4. The molecule has 0 saturated heterocycles. The first-order valence-electron chi connectivity index (χ1n) is 7.74. The molecule has 0 aliphatic carbocycles. The van der Waals surface area contributed by atoms with Crippen molar-refractivity contribution in [1.82, 2.24) is 10.6 Å². The molecule has 3 N–H and O–H groups in total. The van der Waals surface area contributed by atoms with Crippen LogP contribution in [0.4, 0.5) is 5.69 Å². The number of rotatable bonds is 9. The molecule has 0 fully saturated rings. The van der Waals surface area contributed by atoms with Crippen molar-refractivity contribution in [3.05, 3.63) is 48.4 Å². The zero-order valence-corrected chi connectivity index (χ0v) is 13.5. The standard InChI is InChI=1S/C17H21N3O4/c1-2-18-8-9-19-16(21)12-24-14-6-3-5-13(11-14)20-17(22)15-7-4-10-23-15/h3-7,10-11,18H,2,8-9,12H2,1H3,(H,19,21)(H,20,22). The van der Waals surface area contributed by atoms with Crippen LogP contribution in [-0.2, 0) is 4.79 Å². The lowest BCUT2D eigenvalue weighted by Crippen LogP contribution is -2.34. The maximum atomic E-state index is 11.9. The van der Waals surface area contributed by atoms with Gasteiger partial charge in [-0.3, -0.25) is 9.59 Å². The monoisotopic (exact) mass is 331 g/mol. The molecule has 0 aliphatic rings. The predicted octanol–water partition coefficient (Wildman–Crippen LogP) is 1.64. The van der Waals surface area contributed by atoms with E-state index in [9.17, 15) is 9.59 Å². The minimum atomic E-state index is -0.349. The Balaban J connectivity index is 1.80. The Morgan fingerprint density at radius 2 is 2.04 bits per heavy atom. The molecule has 24 heavy (non-hydrogen) atoms. The number of hydrogen-bond acceptors (Lipinski definition) is 5. The fourth-order valence-corrected chi connectivity index (χ4v) is 1.93. The number of ether oxygens (including phenoxy) is 1. The second kappa shape index (κ2) is 9.36. The summed E-state index contributed by atoms with van der Waals surface area (Å²) in [5, 5.41) is 8.55. The van der Waals surface area contributed by atoms with Crippen molar-refractivity contribution >= 4 is 17.5 Å². The average Bonchev–Trinajstić information content (AvgIpc) is 3.12. The number of benzene rings is 1. The molecule has 2 rings (SSSR count). The van der Waals surface area contributed by atoms with E-state index in [-0.39, 0.29) is 24.2 Å². The summed E-state index contributed by atoms with van der Waals surface area (Å²) < 4.78 is 10.5. The van der Waals surface area contributed by atoms with Crippen LogP contribution in [0.2, 0.25) is 0 Å². The van der Waals surface area contributed by atoms with Gasteiger partial charge in [0.25, 0.3) is 11.8 Å². The minimum Gasteiger partial charge on any atom is -0.484 e. The van der Waals surface area contributed by atoms with Crippen LogP contribution in [0.15, 0.2) is 47.1 Å². The highest BCUT2D eigenvalue weighted by Crippen LogP contribution is 2.18. The van der Waals surface area contributed by atoms with Gasteiger partial charge in [0.1, 0.15) is 5.75 Å². The van der Waals surface area contributed by atoms with Gasteiger partial charge >= 0.3 is 0 Å². The fraction of sp³-hybridized carbons (Fsp3) is 0.294. The number of carbonyl (C=O) groups is 2. The molecule has 0 atom stereocenters. The first-order chi connectivity index (χ1) is 11.7. The first-order valence-corrected chi connectivity index (χ1v) is 7.74. The van der Waals surface area contributed by atoms with Gasteiger partial charge in [-0.05, 0) is 30.8 Å². The van der Waals surface area contributed by atoms with Crippen LogP contribution in [0, 0.1) is 0 Å². The summed E-state index contributed by atoms with van der Waals surface area (Å²) in [6.07, 6.45) is 1.43. The number of amides is 2. The Morgan fingerprint density at radius 3 is 2.79 bits per heavy atom. The maximum absolute atomic E-state index is 11.9. The second-order valence-corrected chi connectivity index (χ2v) is 4.95. The van der Waals surface area contributed by atoms with E-state index in [1.165, 1.54) is 6.26 Å². The summed E-state index contributed by atoms with van der Waals surface area (Å²) in [6, 6.07) is 10.0. The predicted molar refractivity (Wildman–Crippen MR) is 90.2 cm³/mol. The number of furan rings is 1. The van der Waals surface area contributed by atoms with Gasteiger partial charge in [-0.1, -0.05) is 13.0 Å². The topological polar surface area (TPSA) is 92.6 Å². The van der Waals surface area contributed by atoms with Crippen LogP contribution in [0.5, 0.6) is 5.75 Å². The molecule has 1 aromatic heterocycles. The Labute approximate surface area is 140 Å². The molecule has 0 saturated carbocycles. The van der Waals surface area contributed by atoms with E-state index in [1.807, 2.05) is 6.92 Å². The van der Waals surface area contributed by atoms with Gasteiger partial charge in [0.2, 0.25) is 0 Å². The molecule has 1 heterocycles. The van der Waals surface area contributed by atoms with Crippen LogP contribution in [-0.4, -0.2) is 38.1 Å². The molecule has 0 spiro atoms. The summed E-state index contributed by atoms with van der Waals surface area (Å²) in [5.41, 5.74) is 0.557. The maximum Gasteiger partial charge on any atom is 0.291 e. The van der Waals surface area contributed by atoms with Gasteiger partial charge in [-0.2, -0.15) is 0 Å². The minimum absolute atomic E-state index is 0.0816. The normalized spacial score (nSPS) is 10.2. The summed E-state index contributed by atoms with van der Waals surface area (Å²) >= 11 is 0. The van der Waals surface area contributed by atoms with Crippen molar-refractivity contribution < 1.29 is 18.7 Å². The third-order valence-electron chi connectivity index (χ3n) is 3.08. The number of carbonyl (C=O) groups excluding carboxylic acids is 2. The number of nitrogens with one attached hydrogen (secondary N) is 3. The van der Waals surface area contributed by atoms with Crippen molar-refractivity contribution in [3.8, 4) is 5.75 Å². The quantitative estimate of drug-likeness (QED) is 0.608. The molecule has 2 aromatic rings. The SMILES string of the molecule is CCNCCNC(=O)COc1cccc(NC(=O)c2ccco2)c1. The lowest BCUT2D eigenvalue weighted by atomic mass is 10.3. The van der Waals surface area contributed by atoms with Crippen LogP contribution in [0.25, 0.3) is 0 Å². The molecule has 128 valence electrons. The summed E-state index contributed by atoms with van der Waals surface area (Å²) in [5.74, 6) is 0.173. The van der Waals surface area contributed by atoms with Gasteiger partial charge in [-0.25, -0.2) is 0 Å². The highest BCUT2D eigenvalue weighted by molar-refractivity contribution is 6.02. The molecule has 7 nitrogen and oxygen atoms in total. The van der Waals surface area contributed by atoms with E-state index in [2.05, 4.69) is 16.0 Å². The van der Waals surface area contributed by atoms with Gasteiger partial charge in [0.15, 0.2) is 12.4 Å². The third-order valence-corrected chi connectivity index (χ3v) is 3.08. The Bertz CT molecular complexity index is 656. The van der Waals surface area contributed by atoms with E-state index >= 15 is 0 Å². The molecule has 0 bridgehead atoms. The third kappa shape index (κ3) is 5.77. The zero-order chi connectivity index (χ0) is 17.2. The van der Waals surface area contributed by atoms with Crippen molar-refractivity contribution in [1.29, 1.82) is 0 Å². The molecule has 1 aromatic carbocycles. The van der Waals surface area contributed by atoms with Crippen LogP contribution in [0.1, 0.15) is 17.5 Å². The average molecular weight is 331 g/mol. The van der Waals surface area contributed by atoms with E-state index < -0.39 is 0 Å². The van der Waals surface area contributed by atoms with E-state index in [0.717, 1.165) is 13.1 Å². The molecular weight excluding hydrogens is 310 g/mol. The Kier molecular flexibility index (Phi) is 6.85. The molecule has 0 radical (unpaired) electrons. The smallest absolute Gasteiger partial charge is 0.291 e. The number of likely N-dealkylation sites (N-methyl/N-ethyl adjacent to an activating group) is 1. The molecule has 2 amide bonds. The number of hydrogen-bond donors (Lipinski definition) is 3. The van der Waals surface area contributed by atoms with Gasteiger partial charge < -0.3 is 25.1 Å². The Morgan fingerprint density at radius 1 is 1.17 bits per heavy atom. The van der Waals surface area contributed by atoms with E-state index in [0.29, 0.717) is 18.0 Å². The molecule has 7 heteroatoms. The van der Waals surface area contributed by atoms with Crippen molar-refractivity contribution in [3.63, 3.8) is 0 Å². The summed E-state index contributed by atoms with van der Waals surface area (Å²) in [7, 11) is 0. The van der Waals surface area contributed by atoms with Crippen LogP contribution >= 0.6 is 0 Å². The van der Waals surface area contributed by atoms with Gasteiger partial charge in [0, 0.05) is 24.8 Å². The fourth-order valence-electron chi connectivity index (χ4n) is 1.93. The van der Waals surface area contributed by atoms with Gasteiger partial charge in [-0.15, -0.1) is 0 Å². The van der Waals surface area contributed by atoms with Crippen molar-refractivity contribution in [2.75, 3.05) is 31.6 Å². The lowest BCUT2D eigenvalue weighted by Gasteiger charge is -2.09. The highest BCUT2D eigenvalue weighted by atomic mass is 16.5. The largest absolute Gasteiger partial charge is 0.484 e. The summed E-state index contributed by atoms with van der Waals surface area (Å²) in [4.78, 5) is 23.6. The zero-order valence-electron chi connectivity index (χ0n) is 13.5. The lowest BCUT2D eigenvalue weighted by molar-refractivity contribution is -0.123. The highest BCUT2D eigenvalue weighted by Gasteiger charge is 2.09. The number of anilines is 1. The molecule has 0 aliphatic heterocycles. The van der Waals surface area contributed by atoms with Crippen LogP contribution < -0.4 is 20.7 Å². The van der Waals surface area contributed by atoms with E-state index in [1.54, 1.807) is 36.4 Å². The van der Waals surface area contributed by atoms with Gasteiger partial charge in [0.05, 0.1) is 6.26 Å². The van der Waals surface area contributed by atoms with Crippen molar-refractivity contribution in [2.24, 2.45) is 0 Å². The Hall–Kier alpha value is -2.80. The first kappa shape index (κ1) is 17.6. The van der Waals surface area contributed by atoms with Crippen LogP contribution in [0.3, 0.4) is 0 Å². The van der Waals surface area contributed by atoms with E-state index in [4.69, 9.17) is 9.15 Å². The second-order valence-electron chi connectivity index (χ2n) is 4.95.